The van der Waals surface area contributed by atoms with Crippen LogP contribution in [0.2, 0.25) is 10.3 Å². The molecule has 0 bridgehead atoms. The Morgan fingerprint density at radius 2 is 0.639 bits per heavy atom. The van der Waals surface area contributed by atoms with Gasteiger partial charge in [0.25, 0.3) is 0 Å². The van der Waals surface area contributed by atoms with Crippen molar-refractivity contribution in [3.63, 3.8) is 0 Å². The standard InChI is InChI=1S/C20H50O12Si4/c1-21-33(22-2,23-3)19-17-15-13-14-16-18-20(34(24-4,25-5)26-6,35(27-7,28-8)29-9)36(30-10,31-11)32-12/h13-19H2,1-12H3. The summed E-state index contributed by atoms with van der Waals surface area (Å²) in [4.78, 5) is 0. The van der Waals surface area contributed by atoms with Crippen LogP contribution in [0.5, 0.6) is 0 Å². The maximum atomic E-state index is 6.04. The first-order chi connectivity index (χ1) is 17.2. The van der Waals surface area contributed by atoms with Gasteiger partial charge in [0.2, 0.25) is 0 Å². The zero-order chi connectivity index (χ0) is 27.9. The molecule has 0 aliphatic rings. The summed E-state index contributed by atoms with van der Waals surface area (Å²) >= 11 is 0. The van der Waals surface area contributed by atoms with Crippen LogP contribution in [0.3, 0.4) is 0 Å². The van der Waals surface area contributed by atoms with Crippen molar-refractivity contribution in [1.29, 1.82) is 0 Å². The topological polar surface area (TPSA) is 111 Å². The lowest BCUT2D eigenvalue weighted by Gasteiger charge is -2.53. The Morgan fingerprint density at radius 3 is 0.917 bits per heavy atom. The second kappa shape index (κ2) is 17.2. The minimum Gasteiger partial charge on any atom is -0.377 e. The zero-order valence-electron chi connectivity index (χ0n) is 24.3. The van der Waals surface area contributed by atoms with Crippen molar-refractivity contribution in [2.75, 3.05) is 85.3 Å². The molecule has 12 nitrogen and oxygen atoms in total. The van der Waals surface area contributed by atoms with Crippen molar-refractivity contribution in [1.82, 2.24) is 0 Å². The average molecular weight is 595 g/mol. The summed E-state index contributed by atoms with van der Waals surface area (Å²) in [5.41, 5.74) is 0. The minimum absolute atomic E-state index is 0.450. The van der Waals surface area contributed by atoms with Gasteiger partial charge < -0.3 is 53.1 Å². The maximum absolute atomic E-state index is 6.04. The van der Waals surface area contributed by atoms with E-state index in [-0.39, 0.29) is 0 Å². The Labute approximate surface area is 222 Å². The number of hydrogen-bond donors (Lipinski definition) is 0. The van der Waals surface area contributed by atoms with Gasteiger partial charge in [0.05, 0.1) is 0 Å². The molecule has 0 atom stereocenters. The second-order valence-corrected chi connectivity index (χ2v) is 22.1. The maximum Gasteiger partial charge on any atom is 0.515 e. The SMILES string of the molecule is CO[Si](CCCCCCCC([Si](OC)(OC)OC)([Si](OC)(OC)OC)[Si](OC)(OC)OC)(OC)OC. The smallest absolute Gasteiger partial charge is 0.377 e. The molecule has 0 saturated heterocycles. The molecule has 16 heteroatoms. The van der Waals surface area contributed by atoms with Gasteiger partial charge in [-0.1, -0.05) is 25.7 Å². The predicted molar refractivity (Wildman–Crippen MR) is 142 cm³/mol. The van der Waals surface area contributed by atoms with Gasteiger partial charge in [0.1, 0.15) is 0 Å². The Balaban J connectivity index is 6.19. The van der Waals surface area contributed by atoms with Crippen molar-refractivity contribution in [3.8, 4) is 0 Å². The molecule has 0 radical (unpaired) electrons. The van der Waals surface area contributed by atoms with Gasteiger partial charge >= 0.3 is 35.2 Å². The van der Waals surface area contributed by atoms with Crippen LogP contribution in [-0.2, 0) is 53.1 Å². The summed E-state index contributed by atoms with van der Waals surface area (Å²) in [6.07, 6.45) is 4.98. The highest BCUT2D eigenvalue weighted by atomic mass is 28.5. The summed E-state index contributed by atoms with van der Waals surface area (Å²) in [6, 6.07) is 0.758. The lowest BCUT2D eigenvalue weighted by molar-refractivity contribution is 0.0288. The molecule has 0 aromatic carbocycles. The monoisotopic (exact) mass is 594 g/mol. The van der Waals surface area contributed by atoms with Gasteiger partial charge in [-0.15, -0.1) is 0 Å². The van der Waals surface area contributed by atoms with Crippen molar-refractivity contribution < 1.29 is 53.1 Å². The first-order valence-corrected chi connectivity index (χ1v) is 18.9. The molecule has 0 N–H and O–H groups in total. The molecule has 0 aromatic rings. The third kappa shape index (κ3) is 6.74. The van der Waals surface area contributed by atoms with E-state index < -0.39 is 39.5 Å². The van der Waals surface area contributed by atoms with Crippen molar-refractivity contribution in [2.45, 2.75) is 48.9 Å². The van der Waals surface area contributed by atoms with Gasteiger partial charge in [0, 0.05) is 91.4 Å². The highest BCUT2D eigenvalue weighted by molar-refractivity contribution is 7.02. The van der Waals surface area contributed by atoms with Gasteiger partial charge in [-0.05, 0) is 12.8 Å². The van der Waals surface area contributed by atoms with E-state index in [1.165, 1.54) is 64.0 Å². The normalized spacial score (nSPS) is 14.0. The third-order valence-electron chi connectivity index (χ3n) is 6.95. The number of hydrogen-bond acceptors (Lipinski definition) is 12. The molecule has 0 fully saturated rings. The second-order valence-electron chi connectivity index (χ2n) is 7.97. The molecule has 0 aliphatic carbocycles. The molecule has 218 valence electrons. The third-order valence-corrected chi connectivity index (χ3v) is 24.0. The molecule has 0 unspecified atom stereocenters. The fourth-order valence-electron chi connectivity index (χ4n) is 5.16. The minimum atomic E-state index is -3.68. The lowest BCUT2D eigenvalue weighted by Crippen LogP contribution is -2.80. The molecule has 0 aromatic heterocycles. The van der Waals surface area contributed by atoms with Crippen LogP contribution in [0.15, 0.2) is 0 Å². The van der Waals surface area contributed by atoms with Gasteiger partial charge in [-0.2, -0.15) is 0 Å². The molecule has 36 heavy (non-hydrogen) atoms. The fraction of sp³-hybridized carbons (Fsp3) is 1.00. The van der Waals surface area contributed by atoms with E-state index >= 15 is 0 Å². The zero-order valence-corrected chi connectivity index (χ0v) is 28.3. The highest BCUT2D eigenvalue weighted by Crippen LogP contribution is 2.59. The van der Waals surface area contributed by atoms with Gasteiger partial charge in [-0.25, -0.2) is 0 Å². The van der Waals surface area contributed by atoms with Crippen LogP contribution in [0, 0.1) is 0 Å². The van der Waals surface area contributed by atoms with E-state index in [1.54, 1.807) is 21.3 Å². The van der Waals surface area contributed by atoms with Crippen LogP contribution in [-0.4, -0.2) is 121 Å². The van der Waals surface area contributed by atoms with E-state index in [0.717, 1.165) is 38.1 Å². The quantitative estimate of drug-likeness (QED) is 0.128. The van der Waals surface area contributed by atoms with Crippen LogP contribution < -0.4 is 0 Å². The largest absolute Gasteiger partial charge is 0.515 e. The highest BCUT2D eigenvalue weighted by Gasteiger charge is 2.88. The summed E-state index contributed by atoms with van der Waals surface area (Å²) in [5.74, 6) is 0. The summed E-state index contributed by atoms with van der Waals surface area (Å²) in [6.45, 7) is 0. The average Bonchev–Trinajstić information content (AvgIpc) is 2.94. The van der Waals surface area contributed by atoms with Gasteiger partial charge in [0.15, 0.2) is 4.28 Å². The molecule has 0 spiro atoms. The van der Waals surface area contributed by atoms with E-state index in [1.807, 2.05) is 0 Å². The molecular weight excluding hydrogens is 545 g/mol. The Bertz CT molecular complexity index is 490. The van der Waals surface area contributed by atoms with Crippen LogP contribution >= 0.6 is 0 Å². The summed E-state index contributed by atoms with van der Waals surface area (Å²) < 4.78 is 69.7. The molecule has 0 amide bonds. The van der Waals surface area contributed by atoms with Crippen molar-refractivity contribution >= 4 is 35.2 Å². The van der Waals surface area contributed by atoms with Gasteiger partial charge in [-0.3, -0.25) is 0 Å². The predicted octanol–water partition coefficient (Wildman–Crippen LogP) is 2.66. The Kier molecular flexibility index (Phi) is 17.3. The van der Waals surface area contributed by atoms with Crippen LogP contribution in [0.25, 0.3) is 0 Å². The van der Waals surface area contributed by atoms with Crippen LogP contribution in [0.4, 0.5) is 0 Å². The lowest BCUT2D eigenvalue weighted by atomic mass is 10.1. The van der Waals surface area contributed by atoms with E-state index in [2.05, 4.69) is 0 Å². The summed E-state index contributed by atoms with van der Waals surface area (Å²) in [5, 5.41) is 0. The molecule has 0 rings (SSSR count). The first-order valence-electron chi connectivity index (χ1n) is 11.8. The number of unbranched alkanes of at least 4 members (excludes halogenated alkanes) is 4. The fourth-order valence-corrected chi connectivity index (χ4v) is 23.0. The number of rotatable bonds is 23. The molecule has 0 aliphatic heterocycles. The van der Waals surface area contributed by atoms with Crippen LogP contribution in [0.1, 0.15) is 38.5 Å². The Hall–Kier alpha value is 0.388. The summed E-state index contributed by atoms with van der Waals surface area (Å²) in [7, 11) is 5.09. The first kappa shape index (κ1) is 36.4. The molecule has 0 heterocycles. The Morgan fingerprint density at radius 1 is 0.361 bits per heavy atom. The molecule has 0 saturated carbocycles. The van der Waals surface area contributed by atoms with E-state index in [4.69, 9.17) is 53.1 Å². The molecular formula is C20H50O12Si4. The van der Waals surface area contributed by atoms with Crippen molar-refractivity contribution in [3.05, 3.63) is 0 Å². The van der Waals surface area contributed by atoms with E-state index in [9.17, 15) is 0 Å². The van der Waals surface area contributed by atoms with Crippen molar-refractivity contribution in [2.24, 2.45) is 0 Å². The van der Waals surface area contributed by atoms with E-state index in [0.29, 0.717) is 6.42 Å².